The van der Waals surface area contributed by atoms with E-state index in [1.807, 2.05) is 97.1 Å². The van der Waals surface area contributed by atoms with Gasteiger partial charge in [-0.25, -0.2) is 4.79 Å². The second-order valence-electron chi connectivity index (χ2n) is 15.8. The summed E-state index contributed by atoms with van der Waals surface area (Å²) in [5.74, 6) is -1.53. The van der Waals surface area contributed by atoms with Crippen LogP contribution >= 0.6 is 23.2 Å². The number of aliphatic hydroxyl groups is 2. The summed E-state index contributed by atoms with van der Waals surface area (Å²) in [6, 6.07) is 30.3. The number of hydrogen-bond donors (Lipinski definition) is 5. The second kappa shape index (κ2) is 21.3. The molecule has 0 radical (unpaired) electrons. The maximum absolute atomic E-state index is 12.3. The van der Waals surface area contributed by atoms with E-state index in [2.05, 4.69) is 5.32 Å². The van der Waals surface area contributed by atoms with Crippen molar-refractivity contribution < 1.29 is 39.2 Å². The zero-order chi connectivity index (χ0) is 42.4. The first kappa shape index (κ1) is 46.9. The highest BCUT2D eigenvalue weighted by molar-refractivity contribution is 6.31. The van der Waals surface area contributed by atoms with Crippen molar-refractivity contribution in [3.63, 3.8) is 0 Å². The van der Waals surface area contributed by atoms with Gasteiger partial charge in [0.15, 0.2) is 0 Å². The van der Waals surface area contributed by atoms with Crippen molar-refractivity contribution in [3.05, 3.63) is 118 Å². The number of alkyl carbamates (subject to hydrolysis) is 1. The monoisotopic (exact) mass is 822 g/mol. The van der Waals surface area contributed by atoms with Crippen LogP contribution in [-0.4, -0.2) is 70.9 Å². The van der Waals surface area contributed by atoms with E-state index < -0.39 is 47.1 Å². The first-order valence-corrected chi connectivity index (χ1v) is 19.6. The van der Waals surface area contributed by atoms with Crippen LogP contribution in [0, 0.1) is 10.8 Å². The van der Waals surface area contributed by atoms with Gasteiger partial charge in [0.1, 0.15) is 5.60 Å². The molecule has 0 unspecified atom stereocenters. The van der Waals surface area contributed by atoms with Gasteiger partial charge in [0.25, 0.3) is 0 Å². The molecule has 12 heteroatoms. The van der Waals surface area contributed by atoms with Crippen molar-refractivity contribution in [1.29, 1.82) is 0 Å². The van der Waals surface area contributed by atoms with Crippen LogP contribution in [0.5, 0.6) is 0 Å². The topological polar surface area (TPSA) is 168 Å². The lowest BCUT2D eigenvalue weighted by Crippen LogP contribution is -2.45. The van der Waals surface area contributed by atoms with E-state index in [0.29, 0.717) is 29.3 Å². The van der Waals surface area contributed by atoms with Crippen molar-refractivity contribution in [2.45, 2.75) is 84.9 Å². The fourth-order valence-corrected chi connectivity index (χ4v) is 6.55. The van der Waals surface area contributed by atoms with Gasteiger partial charge in [-0.1, -0.05) is 96.0 Å². The van der Waals surface area contributed by atoms with Crippen LogP contribution in [-0.2, 0) is 31.9 Å². The summed E-state index contributed by atoms with van der Waals surface area (Å²) >= 11 is 12.1. The quantitative estimate of drug-likeness (QED) is 0.0694. The van der Waals surface area contributed by atoms with Crippen LogP contribution in [0.4, 0.5) is 4.79 Å². The number of carbonyl (C=O) groups is 3. The van der Waals surface area contributed by atoms with Crippen molar-refractivity contribution >= 4 is 41.2 Å². The van der Waals surface area contributed by atoms with Gasteiger partial charge < -0.3 is 35.8 Å². The number of ether oxygens (including phenoxy) is 2. The van der Waals surface area contributed by atoms with Crippen molar-refractivity contribution in [1.82, 2.24) is 5.32 Å². The SMILES string of the molecule is CC(C)(C)OC(=O)N[C@H](Cc1ccc(-c2cccc(Cl)c2)cc1)C[C@@](C)(CO)C(=O)O.CCOC(=O)[C@](C)(CO)C[C@H](N)Cc1ccc(-c2cccc(Cl)c2)cc1. The van der Waals surface area contributed by atoms with Crippen LogP contribution < -0.4 is 11.1 Å². The molecule has 0 aliphatic carbocycles. The van der Waals surface area contributed by atoms with Crippen LogP contribution in [0.3, 0.4) is 0 Å². The Morgan fingerprint density at radius 1 is 0.702 bits per heavy atom. The van der Waals surface area contributed by atoms with Crippen molar-refractivity contribution in [2.75, 3.05) is 19.8 Å². The van der Waals surface area contributed by atoms with E-state index in [-0.39, 0.29) is 25.7 Å². The lowest BCUT2D eigenvalue weighted by Gasteiger charge is -2.29. The molecular weight excluding hydrogens is 767 g/mol. The summed E-state index contributed by atoms with van der Waals surface area (Å²) in [4.78, 5) is 36.1. The second-order valence-corrected chi connectivity index (χ2v) is 16.7. The van der Waals surface area contributed by atoms with E-state index >= 15 is 0 Å². The maximum Gasteiger partial charge on any atom is 0.407 e. The molecule has 4 rings (SSSR count). The number of benzene rings is 4. The predicted molar refractivity (Wildman–Crippen MR) is 226 cm³/mol. The number of hydrogen-bond acceptors (Lipinski definition) is 8. The first-order chi connectivity index (χ1) is 26.8. The van der Waals surface area contributed by atoms with Gasteiger partial charge in [-0.05, 0) is 125 Å². The molecule has 6 N–H and O–H groups in total. The molecule has 0 aliphatic heterocycles. The number of amides is 1. The van der Waals surface area contributed by atoms with E-state index in [1.165, 1.54) is 6.92 Å². The lowest BCUT2D eigenvalue weighted by molar-refractivity contribution is -0.157. The molecule has 0 bridgehead atoms. The number of halogens is 2. The number of esters is 1. The van der Waals surface area contributed by atoms with Crippen LogP contribution in [0.25, 0.3) is 22.3 Å². The average Bonchev–Trinajstić information content (AvgIpc) is 3.14. The highest BCUT2D eigenvalue weighted by Gasteiger charge is 2.37. The Hall–Kier alpha value is -4.45. The Labute approximate surface area is 346 Å². The number of nitrogens with two attached hydrogens (primary N) is 1. The third-order valence-electron chi connectivity index (χ3n) is 9.32. The van der Waals surface area contributed by atoms with Gasteiger partial charge in [-0.2, -0.15) is 0 Å². The van der Waals surface area contributed by atoms with E-state index in [4.69, 9.17) is 38.4 Å². The van der Waals surface area contributed by atoms with Gasteiger partial charge in [-0.3, -0.25) is 9.59 Å². The van der Waals surface area contributed by atoms with Crippen molar-refractivity contribution in [3.8, 4) is 22.3 Å². The summed E-state index contributed by atoms with van der Waals surface area (Å²) in [5.41, 5.74) is 9.30. The third kappa shape index (κ3) is 15.1. The van der Waals surface area contributed by atoms with Crippen LogP contribution in [0.15, 0.2) is 97.1 Å². The third-order valence-corrected chi connectivity index (χ3v) is 9.79. The first-order valence-electron chi connectivity index (χ1n) is 18.9. The Morgan fingerprint density at radius 3 is 1.58 bits per heavy atom. The number of nitrogens with one attached hydrogen (secondary N) is 1. The molecule has 0 aromatic heterocycles. The molecule has 57 heavy (non-hydrogen) atoms. The average molecular weight is 824 g/mol. The summed E-state index contributed by atoms with van der Waals surface area (Å²) < 4.78 is 10.4. The molecule has 0 spiro atoms. The summed E-state index contributed by atoms with van der Waals surface area (Å²) in [6.45, 7) is 9.62. The molecule has 4 aromatic carbocycles. The summed E-state index contributed by atoms with van der Waals surface area (Å²) in [7, 11) is 0. The van der Waals surface area contributed by atoms with E-state index in [0.717, 1.165) is 33.4 Å². The zero-order valence-electron chi connectivity index (χ0n) is 33.6. The van der Waals surface area contributed by atoms with Gasteiger partial charge in [-0.15, -0.1) is 0 Å². The minimum Gasteiger partial charge on any atom is -0.481 e. The van der Waals surface area contributed by atoms with Crippen molar-refractivity contribution in [2.24, 2.45) is 16.6 Å². The molecule has 0 fully saturated rings. The van der Waals surface area contributed by atoms with E-state index in [1.54, 1.807) is 34.6 Å². The number of carboxylic acids is 1. The van der Waals surface area contributed by atoms with Crippen LogP contribution in [0.1, 0.15) is 65.5 Å². The van der Waals surface area contributed by atoms with Gasteiger partial charge in [0.05, 0.1) is 30.7 Å². The molecular formula is C45H56Cl2N2O8. The predicted octanol–water partition coefficient (Wildman–Crippen LogP) is 8.74. The Kier molecular flexibility index (Phi) is 17.6. The highest BCUT2D eigenvalue weighted by atomic mass is 35.5. The smallest absolute Gasteiger partial charge is 0.407 e. The van der Waals surface area contributed by atoms with Gasteiger partial charge >= 0.3 is 18.0 Å². The van der Waals surface area contributed by atoms with Gasteiger partial charge in [0, 0.05) is 22.1 Å². The number of rotatable bonds is 16. The molecule has 4 aromatic rings. The zero-order valence-corrected chi connectivity index (χ0v) is 35.1. The number of carboxylic acid groups (broad SMARTS) is 1. The molecule has 1 amide bonds. The summed E-state index contributed by atoms with van der Waals surface area (Å²) in [5, 5.41) is 32.9. The molecule has 0 saturated carbocycles. The van der Waals surface area contributed by atoms with Crippen LogP contribution in [0.2, 0.25) is 10.0 Å². The lowest BCUT2D eigenvalue weighted by atomic mass is 9.82. The number of aliphatic hydroxyl groups excluding tert-OH is 2. The minimum atomic E-state index is -1.39. The molecule has 0 saturated heterocycles. The molecule has 0 heterocycles. The fourth-order valence-electron chi connectivity index (χ4n) is 6.17. The fraction of sp³-hybridized carbons (Fsp3) is 0.400. The van der Waals surface area contributed by atoms with E-state index in [9.17, 15) is 29.7 Å². The Balaban J connectivity index is 0.000000310. The normalized spacial score (nSPS) is 14.4. The standard InChI is InChI=1S/C24H30ClNO5.C21H26ClNO3/c1-23(2,3)31-22(30)26-20(14-24(4,15-27)21(28)29)12-16-8-10-17(11-9-16)18-6-5-7-19(25)13-18;1-3-26-20(25)21(2,14-24)13-19(23)11-15-7-9-16(10-8-15)17-5-4-6-18(22)12-17/h5-11,13,20,27H,12,14-15H2,1-4H3,(H,26,30)(H,28,29);4-10,12,19,24H,3,11,13-14,23H2,1-2H3/t20-,24+;19-,21+/m11/s1. The largest absolute Gasteiger partial charge is 0.481 e. The molecule has 0 aliphatic rings. The highest BCUT2D eigenvalue weighted by Crippen LogP contribution is 2.29. The minimum absolute atomic E-state index is 0.0497. The number of aliphatic carboxylic acids is 1. The molecule has 10 nitrogen and oxygen atoms in total. The summed E-state index contributed by atoms with van der Waals surface area (Å²) in [6.07, 6.45) is 0.786. The molecule has 4 atom stereocenters. The maximum atomic E-state index is 12.3. The Bertz CT molecular complexity index is 1920. The molecule has 308 valence electrons. The Morgan fingerprint density at radius 2 is 1.18 bits per heavy atom. The number of carbonyl (C=O) groups excluding carboxylic acids is 2. The van der Waals surface area contributed by atoms with Gasteiger partial charge in [0.2, 0.25) is 0 Å².